The topological polar surface area (TPSA) is 63.1 Å². The minimum Gasteiger partial charge on any atom is -0.348 e. The highest BCUT2D eigenvalue weighted by atomic mass is 16.1. The van der Waals surface area contributed by atoms with Crippen LogP contribution in [0.4, 0.5) is 0 Å². The van der Waals surface area contributed by atoms with E-state index in [1.54, 1.807) is 6.20 Å². The number of benzene rings is 2. The number of fused-ring (bicyclic) bond motifs is 1. The Kier molecular flexibility index (Phi) is 6.32. The lowest BCUT2D eigenvalue weighted by Crippen LogP contribution is -2.24. The fourth-order valence-electron chi connectivity index (χ4n) is 3.84. The van der Waals surface area contributed by atoms with Crippen LogP contribution in [-0.4, -0.2) is 39.7 Å². The van der Waals surface area contributed by atoms with Gasteiger partial charge in [0.05, 0.1) is 22.8 Å². The molecule has 0 fully saturated rings. The monoisotopic (exact) mass is 427 g/mol. The van der Waals surface area contributed by atoms with Gasteiger partial charge in [0.25, 0.3) is 5.91 Å². The molecule has 0 radical (unpaired) electrons. The molecule has 1 amide bonds. The van der Waals surface area contributed by atoms with Crippen LogP contribution >= 0.6 is 0 Å². The van der Waals surface area contributed by atoms with Crippen molar-refractivity contribution in [2.75, 3.05) is 14.1 Å². The van der Waals surface area contributed by atoms with Gasteiger partial charge in [-0.2, -0.15) is 5.10 Å². The molecule has 6 nitrogen and oxygen atoms in total. The molecule has 1 N–H and O–H groups in total. The number of rotatable bonds is 7. The van der Waals surface area contributed by atoms with Crippen LogP contribution in [0.2, 0.25) is 0 Å². The quantitative estimate of drug-likeness (QED) is 0.466. The first-order chi connectivity index (χ1) is 15.4. The summed E-state index contributed by atoms with van der Waals surface area (Å²) in [6.07, 6.45) is 1.74. The molecule has 0 atom stereocenters. The number of hydrogen-bond acceptors (Lipinski definition) is 4. The first-order valence-electron chi connectivity index (χ1n) is 10.9. The van der Waals surface area contributed by atoms with Gasteiger partial charge in [-0.3, -0.25) is 4.79 Å². The summed E-state index contributed by atoms with van der Waals surface area (Å²) in [5, 5.41) is 8.38. The molecule has 0 bridgehead atoms. The van der Waals surface area contributed by atoms with E-state index in [9.17, 15) is 4.79 Å². The molecule has 0 unspecified atom stereocenters. The molecule has 2 aromatic heterocycles. The highest BCUT2D eigenvalue weighted by Crippen LogP contribution is 2.26. The maximum absolute atomic E-state index is 13.3. The Bertz CT molecular complexity index is 1230. The zero-order chi connectivity index (χ0) is 22.7. The SMILES string of the molecule is CC(C)n1ncc2c(C(=O)NCc3ccccc3CN(C)C)cc(-c3ccccc3)nc21. The smallest absolute Gasteiger partial charge is 0.252 e. The summed E-state index contributed by atoms with van der Waals surface area (Å²) in [6, 6.07) is 20.1. The van der Waals surface area contributed by atoms with E-state index in [4.69, 9.17) is 4.98 Å². The number of nitrogens with one attached hydrogen (secondary N) is 1. The van der Waals surface area contributed by atoms with Crippen LogP contribution in [0.3, 0.4) is 0 Å². The second kappa shape index (κ2) is 9.32. The summed E-state index contributed by atoms with van der Waals surface area (Å²) >= 11 is 0. The Morgan fingerprint density at radius 3 is 2.41 bits per heavy atom. The molecule has 0 spiro atoms. The van der Waals surface area contributed by atoms with Gasteiger partial charge in [-0.05, 0) is 45.1 Å². The fourth-order valence-corrected chi connectivity index (χ4v) is 3.84. The van der Waals surface area contributed by atoms with E-state index in [1.807, 2.05) is 67.3 Å². The fraction of sp³-hybridized carbons (Fsp3) is 0.269. The number of hydrogen-bond donors (Lipinski definition) is 1. The second-order valence-corrected chi connectivity index (χ2v) is 8.53. The largest absolute Gasteiger partial charge is 0.348 e. The predicted molar refractivity (Wildman–Crippen MR) is 128 cm³/mol. The van der Waals surface area contributed by atoms with Crippen molar-refractivity contribution >= 4 is 16.9 Å². The summed E-state index contributed by atoms with van der Waals surface area (Å²) in [5.74, 6) is -0.127. The summed E-state index contributed by atoms with van der Waals surface area (Å²) < 4.78 is 1.87. The third-order valence-corrected chi connectivity index (χ3v) is 5.41. The van der Waals surface area contributed by atoms with Crippen LogP contribution in [0.1, 0.15) is 41.4 Å². The van der Waals surface area contributed by atoms with Crippen molar-refractivity contribution < 1.29 is 4.79 Å². The summed E-state index contributed by atoms with van der Waals surface area (Å²) in [7, 11) is 4.08. The summed E-state index contributed by atoms with van der Waals surface area (Å²) in [4.78, 5) is 20.3. The van der Waals surface area contributed by atoms with Gasteiger partial charge in [0.15, 0.2) is 5.65 Å². The van der Waals surface area contributed by atoms with Gasteiger partial charge in [0.2, 0.25) is 0 Å². The van der Waals surface area contributed by atoms with Crippen LogP contribution in [0.15, 0.2) is 66.9 Å². The Hall–Kier alpha value is -3.51. The van der Waals surface area contributed by atoms with Crippen LogP contribution in [0.25, 0.3) is 22.3 Å². The van der Waals surface area contributed by atoms with Crippen molar-refractivity contribution in [1.29, 1.82) is 0 Å². The molecular weight excluding hydrogens is 398 g/mol. The lowest BCUT2D eigenvalue weighted by Gasteiger charge is -2.15. The number of amides is 1. The van der Waals surface area contributed by atoms with E-state index in [-0.39, 0.29) is 11.9 Å². The van der Waals surface area contributed by atoms with Crippen molar-refractivity contribution in [3.05, 3.63) is 83.6 Å². The van der Waals surface area contributed by atoms with Gasteiger partial charge in [0.1, 0.15) is 0 Å². The molecule has 0 aliphatic rings. The lowest BCUT2D eigenvalue weighted by molar-refractivity contribution is 0.0952. The van der Waals surface area contributed by atoms with Gasteiger partial charge < -0.3 is 10.2 Å². The Morgan fingerprint density at radius 2 is 1.72 bits per heavy atom. The van der Waals surface area contributed by atoms with Gasteiger partial charge in [-0.25, -0.2) is 9.67 Å². The number of nitrogens with zero attached hydrogens (tertiary/aromatic N) is 4. The Labute approximate surface area is 188 Å². The van der Waals surface area contributed by atoms with E-state index in [0.717, 1.165) is 34.4 Å². The van der Waals surface area contributed by atoms with Crippen molar-refractivity contribution in [3.63, 3.8) is 0 Å². The number of aromatic nitrogens is 3. The van der Waals surface area contributed by atoms with Crippen LogP contribution in [0.5, 0.6) is 0 Å². The molecule has 164 valence electrons. The minimum atomic E-state index is -0.127. The molecule has 0 aliphatic carbocycles. The number of carbonyl (C=O) groups excluding carboxylic acids is 1. The second-order valence-electron chi connectivity index (χ2n) is 8.53. The molecule has 4 aromatic rings. The van der Waals surface area contributed by atoms with Crippen molar-refractivity contribution in [2.24, 2.45) is 0 Å². The molecule has 0 saturated carbocycles. The van der Waals surface area contributed by atoms with Crippen LogP contribution < -0.4 is 5.32 Å². The van der Waals surface area contributed by atoms with Gasteiger partial charge in [-0.15, -0.1) is 0 Å². The first kappa shape index (κ1) is 21.7. The number of pyridine rings is 1. The minimum absolute atomic E-state index is 0.127. The normalized spacial score (nSPS) is 11.4. The maximum atomic E-state index is 13.3. The molecular formula is C26H29N5O. The zero-order valence-corrected chi connectivity index (χ0v) is 19.0. The van der Waals surface area contributed by atoms with Gasteiger partial charge in [0, 0.05) is 24.7 Å². The van der Waals surface area contributed by atoms with E-state index in [2.05, 4.69) is 41.3 Å². The van der Waals surface area contributed by atoms with Gasteiger partial charge >= 0.3 is 0 Å². The van der Waals surface area contributed by atoms with Crippen molar-refractivity contribution in [2.45, 2.75) is 33.0 Å². The Balaban J connectivity index is 1.70. The van der Waals surface area contributed by atoms with Crippen LogP contribution in [0, 0.1) is 0 Å². The average Bonchev–Trinajstić information content (AvgIpc) is 3.22. The third-order valence-electron chi connectivity index (χ3n) is 5.41. The molecule has 4 rings (SSSR count). The first-order valence-corrected chi connectivity index (χ1v) is 10.9. The molecule has 0 aliphatic heterocycles. The molecule has 6 heteroatoms. The Morgan fingerprint density at radius 1 is 1.03 bits per heavy atom. The highest BCUT2D eigenvalue weighted by Gasteiger charge is 2.18. The van der Waals surface area contributed by atoms with E-state index in [1.165, 1.54) is 5.56 Å². The van der Waals surface area contributed by atoms with E-state index < -0.39 is 0 Å². The molecule has 32 heavy (non-hydrogen) atoms. The maximum Gasteiger partial charge on any atom is 0.252 e. The standard InChI is InChI=1S/C26H29N5O/c1-18(2)31-25-23(16-28-31)22(14-24(29-25)19-10-6-5-7-11-19)26(32)27-15-20-12-8-9-13-21(20)17-30(3)4/h5-14,16,18H,15,17H2,1-4H3,(H,27,32). The molecule has 2 heterocycles. The van der Waals surface area contributed by atoms with Crippen LogP contribution in [-0.2, 0) is 13.1 Å². The highest BCUT2D eigenvalue weighted by molar-refractivity contribution is 6.06. The summed E-state index contributed by atoms with van der Waals surface area (Å²) in [5.41, 5.74) is 5.36. The molecule has 2 aromatic carbocycles. The number of carbonyl (C=O) groups is 1. The zero-order valence-electron chi connectivity index (χ0n) is 19.0. The summed E-state index contributed by atoms with van der Waals surface area (Å²) in [6.45, 7) is 5.41. The third kappa shape index (κ3) is 4.55. The van der Waals surface area contributed by atoms with E-state index in [0.29, 0.717) is 12.1 Å². The van der Waals surface area contributed by atoms with Crippen molar-refractivity contribution in [1.82, 2.24) is 25.0 Å². The lowest BCUT2D eigenvalue weighted by atomic mass is 10.1. The molecule has 0 saturated heterocycles. The average molecular weight is 428 g/mol. The van der Waals surface area contributed by atoms with Crippen molar-refractivity contribution in [3.8, 4) is 11.3 Å². The predicted octanol–water partition coefficient (Wildman–Crippen LogP) is 4.67. The van der Waals surface area contributed by atoms with E-state index >= 15 is 0 Å². The van der Waals surface area contributed by atoms with Gasteiger partial charge in [-0.1, -0.05) is 54.6 Å².